The minimum absolute atomic E-state index is 0.0416. The van der Waals surface area contributed by atoms with Crippen molar-refractivity contribution in [2.24, 2.45) is 0 Å². The molecule has 0 saturated heterocycles. The molecule has 1 amide bonds. The number of hydrogen-bond acceptors (Lipinski definition) is 5. The highest BCUT2D eigenvalue weighted by Crippen LogP contribution is 2.14. The van der Waals surface area contributed by atoms with Crippen LogP contribution in [0.3, 0.4) is 0 Å². The first kappa shape index (κ1) is 28.4. The van der Waals surface area contributed by atoms with E-state index in [1.165, 1.54) is 17.7 Å². The third kappa shape index (κ3) is 9.03. The van der Waals surface area contributed by atoms with Crippen LogP contribution in [0.1, 0.15) is 30.0 Å². The Kier molecular flexibility index (Phi) is 10.3. The van der Waals surface area contributed by atoms with E-state index in [0.29, 0.717) is 6.54 Å². The maximum Gasteiger partial charge on any atom is 0.221 e. The van der Waals surface area contributed by atoms with Gasteiger partial charge in [0.2, 0.25) is 5.91 Å². The van der Waals surface area contributed by atoms with Gasteiger partial charge in [0.15, 0.2) is 9.84 Å². The van der Waals surface area contributed by atoms with E-state index in [2.05, 4.69) is 23.6 Å². The molecule has 0 heterocycles. The Morgan fingerprint density at radius 2 is 1.59 bits per heavy atom. The summed E-state index contributed by atoms with van der Waals surface area (Å²) in [6, 6.07) is 17.9. The van der Waals surface area contributed by atoms with Crippen LogP contribution in [-0.4, -0.2) is 43.9 Å². The number of benzene rings is 3. The van der Waals surface area contributed by atoms with Crippen LogP contribution in [-0.2, 0) is 34.0 Å². The topological polar surface area (TPSA) is 95.5 Å². The molecule has 3 rings (SSSR count). The third-order valence-corrected chi connectivity index (χ3v) is 7.70. The first-order valence-corrected chi connectivity index (χ1v) is 13.8. The van der Waals surface area contributed by atoms with E-state index in [0.717, 1.165) is 30.2 Å². The molecular formula is C28H32F2N2O4S. The van der Waals surface area contributed by atoms with Gasteiger partial charge in [0.05, 0.1) is 22.8 Å². The Labute approximate surface area is 216 Å². The van der Waals surface area contributed by atoms with Crippen LogP contribution in [0.25, 0.3) is 0 Å². The molecule has 0 unspecified atom stereocenters. The number of aryl methyl sites for hydroxylation is 1. The first-order chi connectivity index (χ1) is 17.7. The van der Waals surface area contributed by atoms with Gasteiger partial charge in [-0.3, -0.25) is 4.79 Å². The summed E-state index contributed by atoms with van der Waals surface area (Å²) >= 11 is 0. The highest BCUT2D eigenvalue weighted by atomic mass is 32.2. The lowest BCUT2D eigenvalue weighted by atomic mass is 10.0. The van der Waals surface area contributed by atoms with Gasteiger partial charge in [-0.15, -0.1) is 0 Å². The van der Waals surface area contributed by atoms with Crippen LogP contribution in [0.4, 0.5) is 8.78 Å². The number of halogens is 2. The summed E-state index contributed by atoms with van der Waals surface area (Å²) in [6.07, 6.45) is -0.570. The highest BCUT2D eigenvalue weighted by Gasteiger charge is 2.24. The molecule has 3 N–H and O–H groups in total. The van der Waals surface area contributed by atoms with E-state index in [1.54, 1.807) is 18.2 Å². The van der Waals surface area contributed by atoms with Crippen molar-refractivity contribution in [2.75, 3.05) is 12.3 Å². The summed E-state index contributed by atoms with van der Waals surface area (Å²) in [5.41, 5.74) is 2.48. The predicted molar refractivity (Wildman–Crippen MR) is 139 cm³/mol. The number of carbonyl (C=O) groups excluding carboxylic acids is 1. The van der Waals surface area contributed by atoms with Gasteiger partial charge in [-0.1, -0.05) is 49.4 Å². The molecule has 0 aromatic heterocycles. The minimum atomic E-state index is -3.67. The van der Waals surface area contributed by atoms with Gasteiger partial charge in [-0.2, -0.15) is 0 Å². The molecule has 0 aliphatic rings. The van der Waals surface area contributed by atoms with Gasteiger partial charge >= 0.3 is 0 Å². The Hall–Kier alpha value is -3.14. The van der Waals surface area contributed by atoms with Crippen LogP contribution in [0, 0.1) is 11.6 Å². The Morgan fingerprint density at radius 1 is 0.919 bits per heavy atom. The van der Waals surface area contributed by atoms with Crippen molar-refractivity contribution in [1.82, 2.24) is 10.6 Å². The second-order valence-corrected chi connectivity index (χ2v) is 11.0. The molecule has 0 radical (unpaired) electrons. The molecule has 198 valence electrons. The molecule has 2 atom stereocenters. The standard InChI is InChI=1S/C28H32F2N2O4S/c1-2-20-7-6-8-21(13-20)18-31-19-27(33)26(16-22-14-23(29)17-24(30)15-22)32-28(34)11-12-37(35,36)25-9-4-3-5-10-25/h3-10,13-15,17,26-27,31,33H,2,11-12,16,18-19H2,1H3,(H,32,34)/t26-,27-/m0/s1. The molecule has 37 heavy (non-hydrogen) atoms. The third-order valence-electron chi connectivity index (χ3n) is 5.97. The molecule has 0 fully saturated rings. The van der Waals surface area contributed by atoms with E-state index in [1.807, 2.05) is 18.2 Å². The van der Waals surface area contributed by atoms with Crippen molar-refractivity contribution in [3.05, 3.63) is 101 Å². The lowest BCUT2D eigenvalue weighted by molar-refractivity contribution is -0.122. The average Bonchev–Trinajstić information content (AvgIpc) is 2.87. The maximum atomic E-state index is 13.7. The van der Waals surface area contributed by atoms with Crippen LogP contribution >= 0.6 is 0 Å². The monoisotopic (exact) mass is 530 g/mol. The van der Waals surface area contributed by atoms with E-state index in [-0.39, 0.29) is 29.8 Å². The molecule has 0 saturated carbocycles. The lowest BCUT2D eigenvalue weighted by Gasteiger charge is -2.25. The predicted octanol–water partition coefficient (Wildman–Crippen LogP) is 3.57. The molecule has 3 aromatic rings. The fraction of sp³-hybridized carbons (Fsp3) is 0.321. The fourth-order valence-electron chi connectivity index (χ4n) is 3.98. The molecule has 0 aliphatic heterocycles. The summed E-state index contributed by atoms with van der Waals surface area (Å²) < 4.78 is 52.5. The largest absolute Gasteiger partial charge is 0.390 e. The van der Waals surface area contributed by atoms with Gasteiger partial charge in [-0.25, -0.2) is 17.2 Å². The van der Waals surface area contributed by atoms with Crippen LogP contribution in [0.2, 0.25) is 0 Å². The number of hydrogen-bond donors (Lipinski definition) is 3. The fourth-order valence-corrected chi connectivity index (χ4v) is 5.25. The summed E-state index contributed by atoms with van der Waals surface area (Å²) in [5.74, 6) is -2.53. The summed E-state index contributed by atoms with van der Waals surface area (Å²) in [5, 5.41) is 16.7. The second-order valence-electron chi connectivity index (χ2n) is 8.91. The van der Waals surface area contributed by atoms with Gasteiger partial charge < -0.3 is 15.7 Å². The molecule has 0 spiro atoms. The van der Waals surface area contributed by atoms with Gasteiger partial charge in [0.25, 0.3) is 0 Å². The molecule has 9 heteroatoms. The zero-order valence-corrected chi connectivity index (χ0v) is 21.5. The van der Waals surface area contributed by atoms with Crippen LogP contribution in [0.5, 0.6) is 0 Å². The molecular weight excluding hydrogens is 498 g/mol. The van der Waals surface area contributed by atoms with Crippen molar-refractivity contribution in [2.45, 2.75) is 49.8 Å². The van der Waals surface area contributed by atoms with E-state index >= 15 is 0 Å². The number of amides is 1. The van der Waals surface area contributed by atoms with Crippen LogP contribution in [0.15, 0.2) is 77.7 Å². The number of nitrogens with one attached hydrogen (secondary N) is 2. The van der Waals surface area contributed by atoms with Gasteiger partial charge in [0, 0.05) is 25.6 Å². The van der Waals surface area contributed by atoms with E-state index in [4.69, 9.17) is 0 Å². The minimum Gasteiger partial charge on any atom is -0.390 e. The molecule has 0 aliphatic carbocycles. The number of sulfone groups is 1. The number of rotatable bonds is 13. The van der Waals surface area contributed by atoms with E-state index in [9.17, 15) is 27.1 Å². The first-order valence-electron chi connectivity index (χ1n) is 12.1. The molecule has 0 bridgehead atoms. The average molecular weight is 531 g/mol. The highest BCUT2D eigenvalue weighted by molar-refractivity contribution is 7.91. The summed E-state index contributed by atoms with van der Waals surface area (Å²) in [6.45, 7) is 2.64. The Morgan fingerprint density at radius 3 is 2.27 bits per heavy atom. The summed E-state index contributed by atoms with van der Waals surface area (Å²) in [7, 11) is -3.67. The lowest BCUT2D eigenvalue weighted by Crippen LogP contribution is -2.49. The van der Waals surface area contributed by atoms with Crippen molar-refractivity contribution in [3.8, 4) is 0 Å². The molecule has 3 aromatic carbocycles. The van der Waals surface area contributed by atoms with Crippen molar-refractivity contribution < 1.29 is 27.1 Å². The van der Waals surface area contributed by atoms with Crippen molar-refractivity contribution >= 4 is 15.7 Å². The number of aliphatic hydroxyl groups excluding tert-OH is 1. The SMILES string of the molecule is CCc1cccc(CNC[C@H](O)[C@H](Cc2cc(F)cc(F)c2)NC(=O)CCS(=O)(=O)c2ccccc2)c1. The Balaban J connectivity index is 1.65. The molecule has 6 nitrogen and oxygen atoms in total. The van der Waals surface area contributed by atoms with Gasteiger partial charge in [-0.05, 0) is 53.8 Å². The van der Waals surface area contributed by atoms with Crippen molar-refractivity contribution in [3.63, 3.8) is 0 Å². The summed E-state index contributed by atoms with van der Waals surface area (Å²) in [4.78, 5) is 12.8. The zero-order valence-electron chi connectivity index (χ0n) is 20.7. The smallest absolute Gasteiger partial charge is 0.221 e. The quantitative estimate of drug-likeness (QED) is 0.314. The van der Waals surface area contributed by atoms with Crippen molar-refractivity contribution in [1.29, 1.82) is 0 Å². The van der Waals surface area contributed by atoms with E-state index < -0.39 is 45.3 Å². The second kappa shape index (κ2) is 13.4. The number of aliphatic hydroxyl groups is 1. The van der Waals surface area contributed by atoms with Crippen LogP contribution < -0.4 is 10.6 Å². The zero-order chi connectivity index (χ0) is 26.8. The number of carbonyl (C=O) groups is 1. The normalized spacial score (nSPS) is 13.2. The van der Waals surface area contributed by atoms with Gasteiger partial charge in [0.1, 0.15) is 11.6 Å². The Bertz CT molecular complexity index is 1270. The maximum absolute atomic E-state index is 13.7.